The van der Waals surface area contributed by atoms with Crippen molar-refractivity contribution in [2.75, 3.05) is 6.54 Å². The van der Waals surface area contributed by atoms with Crippen LogP contribution in [-0.4, -0.2) is 12.5 Å². The Bertz CT molecular complexity index is 608. The predicted octanol–water partition coefficient (Wildman–Crippen LogP) is 3.71. The zero-order valence-electron chi connectivity index (χ0n) is 12.6. The van der Waals surface area contributed by atoms with Crippen molar-refractivity contribution in [3.63, 3.8) is 0 Å². The second-order valence-electron chi connectivity index (χ2n) is 5.06. The monoisotopic (exact) mass is 283 g/mol. The average Bonchev–Trinajstić information content (AvgIpc) is 2.51. The topological polar surface area (TPSA) is 38.3 Å². The molecule has 0 aliphatic rings. The zero-order chi connectivity index (χ0) is 15.1. The maximum Gasteiger partial charge on any atom is 0.251 e. The normalized spacial score (nSPS) is 10.2. The summed E-state index contributed by atoms with van der Waals surface area (Å²) in [6, 6.07) is 15.5. The molecule has 0 fully saturated rings. The van der Waals surface area contributed by atoms with E-state index in [1.165, 1.54) is 5.56 Å². The molecule has 0 aliphatic heterocycles. The van der Waals surface area contributed by atoms with Crippen molar-refractivity contribution >= 4 is 5.91 Å². The third-order valence-electron chi connectivity index (χ3n) is 3.12. The second-order valence-corrected chi connectivity index (χ2v) is 5.06. The van der Waals surface area contributed by atoms with Crippen molar-refractivity contribution in [3.8, 4) is 5.75 Å². The molecule has 1 amide bonds. The standard InChI is InChI=1S/C18H21NO2/c1-3-10-19-18(20)16-8-5-9-17(12-16)21-13-15-7-4-6-14(2)11-15/h4-9,11-12H,3,10,13H2,1-2H3,(H,19,20). The van der Waals surface area contributed by atoms with Gasteiger partial charge in [-0.2, -0.15) is 0 Å². The molecule has 0 spiro atoms. The number of benzene rings is 2. The average molecular weight is 283 g/mol. The van der Waals surface area contributed by atoms with E-state index in [1.54, 1.807) is 12.1 Å². The summed E-state index contributed by atoms with van der Waals surface area (Å²) in [4.78, 5) is 11.9. The molecule has 0 aromatic heterocycles. The SMILES string of the molecule is CCCNC(=O)c1cccc(OCc2cccc(C)c2)c1. The molecule has 2 rings (SSSR count). The van der Waals surface area contributed by atoms with Gasteiger partial charge in [0.15, 0.2) is 0 Å². The summed E-state index contributed by atoms with van der Waals surface area (Å²) < 4.78 is 5.76. The van der Waals surface area contributed by atoms with Crippen molar-refractivity contribution in [2.45, 2.75) is 26.9 Å². The number of hydrogen-bond acceptors (Lipinski definition) is 2. The van der Waals surface area contributed by atoms with E-state index in [1.807, 2.05) is 31.2 Å². The summed E-state index contributed by atoms with van der Waals surface area (Å²) in [5.41, 5.74) is 2.96. The summed E-state index contributed by atoms with van der Waals surface area (Å²) in [5, 5.41) is 2.86. The second kappa shape index (κ2) is 7.48. The fourth-order valence-corrected chi connectivity index (χ4v) is 2.04. The van der Waals surface area contributed by atoms with Crippen LogP contribution in [0.2, 0.25) is 0 Å². The fourth-order valence-electron chi connectivity index (χ4n) is 2.04. The van der Waals surface area contributed by atoms with Gasteiger partial charge in [-0.3, -0.25) is 4.79 Å². The molecule has 21 heavy (non-hydrogen) atoms. The van der Waals surface area contributed by atoms with E-state index in [-0.39, 0.29) is 5.91 Å². The van der Waals surface area contributed by atoms with Crippen LogP contribution >= 0.6 is 0 Å². The van der Waals surface area contributed by atoms with Crippen molar-refractivity contribution in [3.05, 3.63) is 65.2 Å². The highest BCUT2D eigenvalue weighted by Gasteiger charge is 2.05. The lowest BCUT2D eigenvalue weighted by atomic mass is 10.1. The van der Waals surface area contributed by atoms with Gasteiger partial charge in [-0.05, 0) is 37.1 Å². The van der Waals surface area contributed by atoms with Crippen LogP contribution in [0, 0.1) is 6.92 Å². The number of nitrogens with one attached hydrogen (secondary N) is 1. The van der Waals surface area contributed by atoms with Gasteiger partial charge in [-0.1, -0.05) is 42.8 Å². The van der Waals surface area contributed by atoms with Crippen LogP contribution in [-0.2, 0) is 6.61 Å². The quantitative estimate of drug-likeness (QED) is 0.877. The van der Waals surface area contributed by atoms with Crippen LogP contribution in [0.1, 0.15) is 34.8 Å². The van der Waals surface area contributed by atoms with Crippen LogP contribution < -0.4 is 10.1 Å². The Morgan fingerprint density at radius 1 is 1.14 bits per heavy atom. The van der Waals surface area contributed by atoms with Gasteiger partial charge in [0.1, 0.15) is 12.4 Å². The highest BCUT2D eigenvalue weighted by molar-refractivity contribution is 5.94. The molecular formula is C18H21NO2. The Morgan fingerprint density at radius 3 is 2.71 bits per heavy atom. The van der Waals surface area contributed by atoms with Gasteiger partial charge < -0.3 is 10.1 Å². The number of rotatable bonds is 6. The number of ether oxygens (including phenoxy) is 1. The number of hydrogen-bond donors (Lipinski definition) is 1. The lowest BCUT2D eigenvalue weighted by Gasteiger charge is -2.09. The summed E-state index contributed by atoms with van der Waals surface area (Å²) in [6.07, 6.45) is 0.926. The Balaban J connectivity index is 1.99. The van der Waals surface area contributed by atoms with E-state index in [4.69, 9.17) is 4.74 Å². The minimum absolute atomic E-state index is 0.0575. The van der Waals surface area contributed by atoms with Gasteiger partial charge in [0, 0.05) is 12.1 Å². The molecule has 1 N–H and O–H groups in total. The van der Waals surface area contributed by atoms with Gasteiger partial charge in [0.2, 0.25) is 0 Å². The summed E-state index contributed by atoms with van der Waals surface area (Å²) in [5.74, 6) is 0.651. The lowest BCUT2D eigenvalue weighted by molar-refractivity contribution is 0.0953. The third kappa shape index (κ3) is 4.63. The Morgan fingerprint density at radius 2 is 1.95 bits per heavy atom. The molecule has 3 nitrogen and oxygen atoms in total. The highest BCUT2D eigenvalue weighted by Crippen LogP contribution is 2.15. The summed E-state index contributed by atoms with van der Waals surface area (Å²) in [6.45, 7) is 5.28. The Kier molecular flexibility index (Phi) is 5.38. The van der Waals surface area contributed by atoms with Gasteiger partial charge in [0.25, 0.3) is 5.91 Å². The fraction of sp³-hybridized carbons (Fsp3) is 0.278. The summed E-state index contributed by atoms with van der Waals surface area (Å²) in [7, 11) is 0. The molecule has 0 aliphatic carbocycles. The molecule has 0 radical (unpaired) electrons. The molecule has 2 aromatic carbocycles. The van der Waals surface area contributed by atoms with Crippen LogP contribution in [0.4, 0.5) is 0 Å². The first-order chi connectivity index (χ1) is 10.2. The molecule has 0 atom stereocenters. The van der Waals surface area contributed by atoms with E-state index in [0.717, 1.165) is 12.0 Å². The van der Waals surface area contributed by atoms with Crippen molar-refractivity contribution in [2.24, 2.45) is 0 Å². The number of amides is 1. The third-order valence-corrected chi connectivity index (χ3v) is 3.12. The zero-order valence-corrected chi connectivity index (χ0v) is 12.6. The molecular weight excluding hydrogens is 262 g/mol. The first kappa shape index (κ1) is 15.1. The summed E-state index contributed by atoms with van der Waals surface area (Å²) >= 11 is 0. The molecule has 3 heteroatoms. The maximum absolute atomic E-state index is 11.9. The maximum atomic E-state index is 11.9. The number of aryl methyl sites for hydroxylation is 1. The minimum atomic E-state index is -0.0575. The minimum Gasteiger partial charge on any atom is -0.489 e. The smallest absolute Gasteiger partial charge is 0.251 e. The largest absolute Gasteiger partial charge is 0.489 e. The highest BCUT2D eigenvalue weighted by atomic mass is 16.5. The number of carbonyl (C=O) groups excluding carboxylic acids is 1. The van der Waals surface area contributed by atoms with Crippen LogP contribution in [0.3, 0.4) is 0 Å². The van der Waals surface area contributed by atoms with Crippen LogP contribution in [0.25, 0.3) is 0 Å². The Labute approximate surface area is 126 Å². The molecule has 0 saturated carbocycles. The van der Waals surface area contributed by atoms with Gasteiger partial charge in [-0.25, -0.2) is 0 Å². The van der Waals surface area contributed by atoms with E-state index >= 15 is 0 Å². The van der Waals surface area contributed by atoms with Crippen molar-refractivity contribution in [1.29, 1.82) is 0 Å². The molecule has 110 valence electrons. The first-order valence-corrected chi connectivity index (χ1v) is 7.25. The van der Waals surface area contributed by atoms with Crippen molar-refractivity contribution in [1.82, 2.24) is 5.32 Å². The number of carbonyl (C=O) groups is 1. The van der Waals surface area contributed by atoms with Crippen molar-refractivity contribution < 1.29 is 9.53 Å². The Hall–Kier alpha value is -2.29. The molecule has 2 aromatic rings. The lowest BCUT2D eigenvalue weighted by Crippen LogP contribution is -2.23. The molecule has 0 unspecified atom stereocenters. The van der Waals surface area contributed by atoms with E-state index < -0.39 is 0 Å². The van der Waals surface area contributed by atoms with Crippen LogP contribution in [0.5, 0.6) is 5.75 Å². The van der Waals surface area contributed by atoms with Gasteiger partial charge in [-0.15, -0.1) is 0 Å². The predicted molar refractivity (Wildman–Crippen MR) is 84.6 cm³/mol. The van der Waals surface area contributed by atoms with E-state index in [0.29, 0.717) is 24.5 Å². The van der Waals surface area contributed by atoms with Gasteiger partial charge >= 0.3 is 0 Å². The first-order valence-electron chi connectivity index (χ1n) is 7.25. The van der Waals surface area contributed by atoms with Gasteiger partial charge in [0.05, 0.1) is 0 Å². The molecule has 0 heterocycles. The molecule has 0 bridgehead atoms. The molecule has 0 saturated heterocycles. The van der Waals surface area contributed by atoms with E-state index in [9.17, 15) is 4.79 Å². The van der Waals surface area contributed by atoms with Crippen LogP contribution in [0.15, 0.2) is 48.5 Å². The van der Waals surface area contributed by atoms with E-state index in [2.05, 4.69) is 24.4 Å².